The van der Waals surface area contributed by atoms with Crippen LogP contribution in [0.2, 0.25) is 0 Å². The lowest BCUT2D eigenvalue weighted by atomic mass is 9.65. The molecule has 0 radical (unpaired) electrons. The summed E-state index contributed by atoms with van der Waals surface area (Å²) in [6.07, 6.45) is 4.40. The zero-order valence-electron chi connectivity index (χ0n) is 16.7. The highest BCUT2D eigenvalue weighted by atomic mass is 16.3. The number of nitrogen functional groups attached to an aromatic ring is 1. The van der Waals surface area contributed by atoms with Crippen molar-refractivity contribution in [3.63, 3.8) is 0 Å². The summed E-state index contributed by atoms with van der Waals surface area (Å²) >= 11 is 0. The maximum absolute atomic E-state index is 11.1. The number of aliphatic hydroxyl groups is 1. The smallest absolute Gasteiger partial charge is 0.232 e. The molecular formula is C21H30N6O. The van der Waals surface area contributed by atoms with E-state index in [0.29, 0.717) is 24.2 Å². The Kier molecular flexibility index (Phi) is 5.21. The van der Waals surface area contributed by atoms with Crippen molar-refractivity contribution in [2.24, 2.45) is 11.8 Å². The first-order valence-electron chi connectivity index (χ1n) is 10.2. The van der Waals surface area contributed by atoms with Crippen molar-refractivity contribution >= 4 is 17.6 Å². The Morgan fingerprint density at radius 2 is 2.11 bits per heavy atom. The van der Waals surface area contributed by atoms with Gasteiger partial charge in [-0.3, -0.25) is 4.90 Å². The number of nitrogens with zero attached hydrogens (tertiary/aromatic N) is 4. The van der Waals surface area contributed by atoms with Gasteiger partial charge in [0.2, 0.25) is 11.9 Å². The fraction of sp³-hybridized carbons (Fsp3) is 0.571. The third-order valence-electron chi connectivity index (χ3n) is 6.36. The molecule has 0 bridgehead atoms. The second-order valence-corrected chi connectivity index (χ2v) is 8.43. The fourth-order valence-electron chi connectivity index (χ4n) is 4.50. The molecule has 150 valence electrons. The number of benzene rings is 1. The first kappa shape index (κ1) is 19.1. The van der Waals surface area contributed by atoms with Gasteiger partial charge in [-0.1, -0.05) is 25.5 Å². The molecule has 4 N–H and O–H groups in total. The molecule has 1 aromatic heterocycles. The Balaban J connectivity index is 1.43. The summed E-state index contributed by atoms with van der Waals surface area (Å²) in [6.45, 7) is 6.51. The summed E-state index contributed by atoms with van der Waals surface area (Å²) in [7, 11) is 0. The third-order valence-corrected chi connectivity index (χ3v) is 6.36. The third kappa shape index (κ3) is 3.95. The molecule has 1 saturated carbocycles. The Labute approximate surface area is 166 Å². The van der Waals surface area contributed by atoms with Crippen molar-refractivity contribution in [2.75, 3.05) is 24.1 Å². The number of aryl methyl sites for hydroxylation is 1. The summed E-state index contributed by atoms with van der Waals surface area (Å²) in [5.74, 6) is 2.06. The predicted octanol–water partition coefficient (Wildman–Crippen LogP) is 2.88. The van der Waals surface area contributed by atoms with Crippen LogP contribution in [0.1, 0.15) is 44.0 Å². The molecule has 28 heavy (non-hydrogen) atoms. The van der Waals surface area contributed by atoms with E-state index >= 15 is 0 Å². The Bertz CT molecular complexity index is 839. The van der Waals surface area contributed by atoms with Gasteiger partial charge in [0.05, 0.1) is 12.1 Å². The van der Waals surface area contributed by atoms with Gasteiger partial charge in [0.1, 0.15) is 5.82 Å². The van der Waals surface area contributed by atoms with E-state index in [-0.39, 0.29) is 11.9 Å². The number of nitrogens with one attached hydrogen (secondary N) is 1. The zero-order chi connectivity index (χ0) is 19.7. The summed E-state index contributed by atoms with van der Waals surface area (Å²) < 4.78 is 0. The number of rotatable bonds is 5. The van der Waals surface area contributed by atoms with Gasteiger partial charge in [0.15, 0.2) is 0 Å². The van der Waals surface area contributed by atoms with Crippen molar-refractivity contribution in [3.8, 4) is 0 Å². The first-order valence-corrected chi connectivity index (χ1v) is 10.2. The maximum atomic E-state index is 11.1. The van der Waals surface area contributed by atoms with Crippen molar-refractivity contribution in [3.05, 3.63) is 35.7 Å². The van der Waals surface area contributed by atoms with Crippen LogP contribution in [-0.2, 0) is 6.54 Å². The molecular weight excluding hydrogens is 352 g/mol. The van der Waals surface area contributed by atoms with Gasteiger partial charge in [0, 0.05) is 18.8 Å². The summed E-state index contributed by atoms with van der Waals surface area (Å²) in [6, 6.07) is 8.04. The number of hydrogen-bond donors (Lipinski definition) is 3. The number of hydrogen-bond acceptors (Lipinski definition) is 7. The van der Waals surface area contributed by atoms with Gasteiger partial charge in [0.25, 0.3) is 0 Å². The molecule has 1 aromatic carbocycles. The molecule has 2 atom stereocenters. The van der Waals surface area contributed by atoms with Crippen LogP contribution in [0, 0.1) is 18.8 Å². The molecule has 7 nitrogen and oxygen atoms in total. The van der Waals surface area contributed by atoms with Crippen LogP contribution in [0.15, 0.2) is 24.3 Å². The SMILES string of the molecule is Cc1cccc(Nc2nc(N)nc(CN3CC[C@@](O)(C4CCC4)[C@H](C)C3)n2)c1. The van der Waals surface area contributed by atoms with Gasteiger partial charge in [-0.05, 0) is 55.7 Å². The highest BCUT2D eigenvalue weighted by Crippen LogP contribution is 2.44. The molecule has 1 saturated heterocycles. The zero-order valence-corrected chi connectivity index (χ0v) is 16.7. The Morgan fingerprint density at radius 3 is 2.79 bits per heavy atom. The second-order valence-electron chi connectivity index (χ2n) is 8.43. The van der Waals surface area contributed by atoms with Crippen LogP contribution < -0.4 is 11.1 Å². The van der Waals surface area contributed by atoms with E-state index in [4.69, 9.17) is 5.73 Å². The van der Waals surface area contributed by atoms with E-state index in [0.717, 1.165) is 30.8 Å². The molecule has 1 aliphatic carbocycles. The van der Waals surface area contributed by atoms with Gasteiger partial charge < -0.3 is 16.2 Å². The minimum atomic E-state index is -0.509. The lowest BCUT2D eigenvalue weighted by molar-refractivity contribution is -0.128. The molecule has 0 spiro atoms. The highest BCUT2D eigenvalue weighted by Gasteiger charge is 2.46. The largest absolute Gasteiger partial charge is 0.389 e. The molecule has 2 heterocycles. The number of anilines is 3. The quantitative estimate of drug-likeness (QED) is 0.731. The van der Waals surface area contributed by atoms with Crippen LogP contribution in [0.5, 0.6) is 0 Å². The van der Waals surface area contributed by atoms with E-state index in [1.54, 1.807) is 0 Å². The maximum Gasteiger partial charge on any atom is 0.232 e. The molecule has 0 unspecified atom stereocenters. The highest BCUT2D eigenvalue weighted by molar-refractivity contribution is 5.54. The molecule has 7 heteroatoms. The van der Waals surface area contributed by atoms with Gasteiger partial charge >= 0.3 is 0 Å². The van der Waals surface area contributed by atoms with Gasteiger partial charge in [-0.25, -0.2) is 0 Å². The van der Waals surface area contributed by atoms with Crippen molar-refractivity contribution in [1.82, 2.24) is 19.9 Å². The van der Waals surface area contributed by atoms with Crippen LogP contribution in [0.4, 0.5) is 17.6 Å². The standard InChI is InChI=1S/C21H30N6O/c1-14-5-3-8-17(11-14)23-20-25-18(24-19(22)26-20)13-27-10-9-21(28,15(2)12-27)16-6-4-7-16/h3,5,8,11,15-16,28H,4,6-7,9-10,12-13H2,1-2H3,(H3,22,23,24,25,26)/t15-,21+/m1/s1. The molecule has 2 aliphatic rings. The Morgan fingerprint density at radius 1 is 1.29 bits per heavy atom. The van der Waals surface area contributed by atoms with Crippen molar-refractivity contribution in [1.29, 1.82) is 0 Å². The van der Waals surface area contributed by atoms with Crippen molar-refractivity contribution < 1.29 is 5.11 Å². The lowest BCUT2D eigenvalue weighted by Crippen LogP contribution is -2.56. The Hall–Kier alpha value is -2.25. The summed E-state index contributed by atoms with van der Waals surface area (Å²) in [5, 5.41) is 14.3. The van der Waals surface area contributed by atoms with Gasteiger partial charge in [-0.15, -0.1) is 0 Å². The molecule has 0 amide bonds. The van der Waals surface area contributed by atoms with E-state index in [1.165, 1.54) is 19.3 Å². The van der Waals surface area contributed by atoms with E-state index < -0.39 is 5.60 Å². The average Bonchev–Trinajstić information content (AvgIpc) is 2.56. The van der Waals surface area contributed by atoms with E-state index in [9.17, 15) is 5.11 Å². The van der Waals surface area contributed by atoms with Gasteiger partial charge in [-0.2, -0.15) is 15.0 Å². The van der Waals surface area contributed by atoms with Crippen LogP contribution >= 0.6 is 0 Å². The average molecular weight is 383 g/mol. The van der Waals surface area contributed by atoms with Crippen LogP contribution in [0.3, 0.4) is 0 Å². The minimum absolute atomic E-state index is 0.219. The monoisotopic (exact) mass is 382 g/mol. The molecule has 2 aromatic rings. The summed E-state index contributed by atoms with van der Waals surface area (Å²) in [4.78, 5) is 15.4. The minimum Gasteiger partial charge on any atom is -0.389 e. The van der Waals surface area contributed by atoms with E-state index in [2.05, 4.69) is 32.1 Å². The number of likely N-dealkylation sites (tertiary alicyclic amines) is 1. The fourth-order valence-corrected chi connectivity index (χ4v) is 4.50. The lowest BCUT2D eigenvalue weighted by Gasteiger charge is -2.50. The normalized spacial score (nSPS) is 26.0. The summed E-state index contributed by atoms with van der Waals surface area (Å²) in [5.41, 5.74) is 7.50. The first-order chi connectivity index (χ1) is 13.4. The number of nitrogens with two attached hydrogens (primary N) is 1. The molecule has 1 aliphatic heterocycles. The predicted molar refractivity (Wildman–Crippen MR) is 110 cm³/mol. The molecule has 4 rings (SSSR count). The van der Waals surface area contributed by atoms with E-state index in [1.807, 2.05) is 31.2 Å². The topological polar surface area (TPSA) is 100 Å². The van der Waals surface area contributed by atoms with Crippen LogP contribution in [0.25, 0.3) is 0 Å². The van der Waals surface area contributed by atoms with Crippen molar-refractivity contribution in [2.45, 2.75) is 51.7 Å². The molecule has 2 fully saturated rings. The number of aromatic nitrogens is 3. The second kappa shape index (κ2) is 7.64. The number of piperidine rings is 1. The van der Waals surface area contributed by atoms with Crippen LogP contribution in [-0.4, -0.2) is 43.6 Å².